The molecule has 2 N–H and O–H groups in total. The average molecular weight is 283 g/mol. The van der Waals surface area contributed by atoms with Crippen LogP contribution in [0.5, 0.6) is 5.75 Å². The van der Waals surface area contributed by atoms with Gasteiger partial charge in [0.15, 0.2) is 0 Å². The molecule has 0 bridgehead atoms. The number of nitriles is 1. The largest absolute Gasteiger partial charge is 0.440 e. The van der Waals surface area contributed by atoms with Gasteiger partial charge in [0.1, 0.15) is 17.4 Å². The summed E-state index contributed by atoms with van der Waals surface area (Å²) in [5, 5.41) is 10.0. The summed E-state index contributed by atoms with van der Waals surface area (Å²) in [4.78, 5) is 0. The van der Waals surface area contributed by atoms with Gasteiger partial charge in [-0.05, 0) is 23.8 Å². The highest BCUT2D eigenvalue weighted by molar-refractivity contribution is 6.30. The summed E-state index contributed by atoms with van der Waals surface area (Å²) >= 11 is 6.06. The molecule has 0 fully saturated rings. The first kappa shape index (κ1) is 12.6. The zero-order valence-corrected chi connectivity index (χ0v) is 11.3. The minimum atomic E-state index is -0.247. The van der Waals surface area contributed by atoms with E-state index in [1.165, 1.54) is 0 Å². The Balaban J connectivity index is 2.23. The van der Waals surface area contributed by atoms with E-state index in [9.17, 15) is 5.26 Å². The number of hydrogen-bond acceptors (Lipinski definition) is 3. The molecular weight excluding hydrogens is 272 g/mol. The maximum atomic E-state index is 9.39. The summed E-state index contributed by atoms with van der Waals surface area (Å²) in [5.41, 5.74) is 8.12. The highest BCUT2D eigenvalue weighted by atomic mass is 35.5. The van der Waals surface area contributed by atoms with Crippen molar-refractivity contribution in [2.24, 2.45) is 5.73 Å². The van der Waals surface area contributed by atoms with Crippen LogP contribution in [0.1, 0.15) is 17.0 Å². The summed E-state index contributed by atoms with van der Waals surface area (Å²) in [6.45, 7) is 0. The Morgan fingerprint density at radius 3 is 2.70 bits per heavy atom. The molecule has 4 heteroatoms. The molecule has 2 aromatic rings. The van der Waals surface area contributed by atoms with Gasteiger partial charge < -0.3 is 10.5 Å². The minimum Gasteiger partial charge on any atom is -0.440 e. The number of hydrogen-bond donors (Lipinski definition) is 1. The number of fused-ring (bicyclic) bond motifs is 1. The molecule has 0 spiro atoms. The maximum absolute atomic E-state index is 9.39. The van der Waals surface area contributed by atoms with Crippen molar-refractivity contribution in [3.05, 3.63) is 76.1 Å². The smallest absolute Gasteiger partial charge is 0.205 e. The van der Waals surface area contributed by atoms with Crippen molar-refractivity contribution in [1.82, 2.24) is 0 Å². The molecule has 1 heterocycles. The van der Waals surface area contributed by atoms with Crippen LogP contribution in [0.15, 0.2) is 60.0 Å². The third-order valence-corrected chi connectivity index (χ3v) is 3.54. The summed E-state index contributed by atoms with van der Waals surface area (Å²) in [6.07, 6.45) is 0. The lowest BCUT2D eigenvalue weighted by atomic mass is 9.84. The van der Waals surface area contributed by atoms with E-state index >= 15 is 0 Å². The zero-order chi connectivity index (χ0) is 14.1. The fourth-order valence-corrected chi connectivity index (χ4v) is 2.63. The van der Waals surface area contributed by atoms with Gasteiger partial charge in [0.2, 0.25) is 5.88 Å². The molecule has 0 amide bonds. The molecule has 1 aliphatic heterocycles. The van der Waals surface area contributed by atoms with Crippen molar-refractivity contribution in [3.63, 3.8) is 0 Å². The SMILES string of the molecule is N#CC1=C(N)Oc2ccccc2[C@@H]1c1cccc(Cl)c1. The van der Waals surface area contributed by atoms with Crippen LogP contribution in [0.25, 0.3) is 0 Å². The molecule has 0 saturated heterocycles. The fourth-order valence-electron chi connectivity index (χ4n) is 2.44. The van der Waals surface area contributed by atoms with Crippen LogP contribution in [-0.4, -0.2) is 0 Å². The van der Waals surface area contributed by atoms with Gasteiger partial charge in [-0.1, -0.05) is 41.9 Å². The zero-order valence-electron chi connectivity index (χ0n) is 10.5. The number of ether oxygens (including phenoxy) is 1. The summed E-state index contributed by atoms with van der Waals surface area (Å²) in [5.74, 6) is 0.578. The molecule has 0 aromatic heterocycles. The number of nitrogens with two attached hydrogens (primary N) is 1. The summed E-state index contributed by atoms with van der Waals surface area (Å²) < 4.78 is 5.52. The molecule has 98 valence electrons. The lowest BCUT2D eigenvalue weighted by Gasteiger charge is -2.26. The van der Waals surface area contributed by atoms with Crippen LogP contribution in [0.2, 0.25) is 5.02 Å². The number of halogens is 1. The van der Waals surface area contributed by atoms with Gasteiger partial charge in [-0.15, -0.1) is 0 Å². The lowest BCUT2D eigenvalue weighted by molar-refractivity contribution is 0.393. The first-order valence-corrected chi connectivity index (χ1v) is 6.50. The van der Waals surface area contributed by atoms with Gasteiger partial charge in [-0.3, -0.25) is 0 Å². The van der Waals surface area contributed by atoms with Crippen molar-refractivity contribution in [2.75, 3.05) is 0 Å². The van der Waals surface area contributed by atoms with E-state index in [2.05, 4.69) is 6.07 Å². The van der Waals surface area contributed by atoms with Crippen LogP contribution in [-0.2, 0) is 0 Å². The van der Waals surface area contributed by atoms with E-state index in [0.717, 1.165) is 11.1 Å². The number of para-hydroxylation sites is 1. The number of nitrogens with zero attached hydrogens (tertiary/aromatic N) is 1. The van der Waals surface area contributed by atoms with Crippen LogP contribution >= 0.6 is 11.6 Å². The van der Waals surface area contributed by atoms with Crippen LogP contribution in [0, 0.1) is 11.3 Å². The van der Waals surface area contributed by atoms with Crippen molar-refractivity contribution >= 4 is 11.6 Å². The summed E-state index contributed by atoms with van der Waals surface area (Å²) in [6, 6.07) is 17.2. The Labute approximate surface area is 121 Å². The predicted octanol–water partition coefficient (Wildman–Crippen LogP) is 3.56. The van der Waals surface area contributed by atoms with Gasteiger partial charge in [-0.25, -0.2) is 0 Å². The molecule has 0 saturated carbocycles. The molecule has 0 unspecified atom stereocenters. The van der Waals surface area contributed by atoms with Crippen molar-refractivity contribution in [1.29, 1.82) is 5.26 Å². The van der Waals surface area contributed by atoms with Gasteiger partial charge >= 0.3 is 0 Å². The quantitative estimate of drug-likeness (QED) is 0.870. The molecule has 3 rings (SSSR count). The van der Waals surface area contributed by atoms with Crippen molar-refractivity contribution < 1.29 is 4.74 Å². The van der Waals surface area contributed by atoms with E-state index in [1.807, 2.05) is 42.5 Å². The second kappa shape index (κ2) is 4.92. The van der Waals surface area contributed by atoms with E-state index in [1.54, 1.807) is 6.07 Å². The fraction of sp³-hybridized carbons (Fsp3) is 0.0625. The lowest BCUT2D eigenvalue weighted by Crippen LogP contribution is -2.20. The number of allylic oxidation sites excluding steroid dienone is 1. The Morgan fingerprint density at radius 2 is 1.95 bits per heavy atom. The Kier molecular flexibility index (Phi) is 3.09. The van der Waals surface area contributed by atoms with E-state index in [4.69, 9.17) is 22.1 Å². The average Bonchev–Trinajstić information content (AvgIpc) is 2.45. The molecular formula is C16H11ClN2O. The standard InChI is InChI=1S/C16H11ClN2O/c17-11-5-3-4-10(8-11)15-12-6-1-2-7-14(12)20-16(19)13(15)9-18/h1-8,15H,19H2/t15-/m0/s1. The predicted molar refractivity (Wildman–Crippen MR) is 77.2 cm³/mol. The second-order valence-corrected chi connectivity index (χ2v) is 4.95. The highest BCUT2D eigenvalue weighted by Gasteiger charge is 2.30. The molecule has 0 aliphatic carbocycles. The first-order chi connectivity index (χ1) is 9.70. The van der Waals surface area contributed by atoms with Gasteiger partial charge in [0.05, 0.1) is 5.92 Å². The number of rotatable bonds is 1. The normalized spacial score (nSPS) is 17.1. The van der Waals surface area contributed by atoms with Crippen LogP contribution < -0.4 is 10.5 Å². The second-order valence-electron chi connectivity index (χ2n) is 4.52. The molecule has 20 heavy (non-hydrogen) atoms. The summed E-state index contributed by atoms with van der Waals surface area (Å²) in [7, 11) is 0. The van der Waals surface area contributed by atoms with Crippen LogP contribution in [0.3, 0.4) is 0 Å². The minimum absolute atomic E-state index is 0.149. The van der Waals surface area contributed by atoms with E-state index in [-0.39, 0.29) is 11.8 Å². The van der Waals surface area contributed by atoms with Crippen LogP contribution in [0.4, 0.5) is 0 Å². The third-order valence-electron chi connectivity index (χ3n) is 3.31. The van der Waals surface area contributed by atoms with Gasteiger partial charge in [0, 0.05) is 10.6 Å². The van der Waals surface area contributed by atoms with Gasteiger partial charge in [-0.2, -0.15) is 5.26 Å². The topological polar surface area (TPSA) is 59.0 Å². The van der Waals surface area contributed by atoms with Gasteiger partial charge in [0.25, 0.3) is 0 Å². The number of benzene rings is 2. The van der Waals surface area contributed by atoms with Crippen molar-refractivity contribution in [3.8, 4) is 11.8 Å². The Hall–Kier alpha value is -2.44. The monoisotopic (exact) mass is 282 g/mol. The van der Waals surface area contributed by atoms with Crippen molar-refractivity contribution in [2.45, 2.75) is 5.92 Å². The maximum Gasteiger partial charge on any atom is 0.205 e. The van der Waals surface area contributed by atoms with E-state index in [0.29, 0.717) is 16.3 Å². The molecule has 2 aromatic carbocycles. The first-order valence-electron chi connectivity index (χ1n) is 6.12. The molecule has 3 nitrogen and oxygen atoms in total. The molecule has 1 aliphatic rings. The molecule has 1 atom stereocenters. The molecule has 0 radical (unpaired) electrons. The Morgan fingerprint density at radius 1 is 1.15 bits per heavy atom. The third kappa shape index (κ3) is 2.01. The highest BCUT2D eigenvalue weighted by Crippen LogP contribution is 2.42. The Bertz CT molecular complexity index is 746. The van der Waals surface area contributed by atoms with E-state index < -0.39 is 0 Å².